The highest BCUT2D eigenvalue weighted by Gasteiger charge is 2.10. The van der Waals surface area contributed by atoms with Crippen molar-refractivity contribution >= 4 is 41.5 Å². The molecular formula is C19H26ClIN4O2. The number of hydrogen-bond donors (Lipinski definition) is 2. The molecule has 0 amide bonds. The first-order valence-corrected chi connectivity index (χ1v) is 8.93. The van der Waals surface area contributed by atoms with Crippen molar-refractivity contribution in [2.75, 3.05) is 33.3 Å². The standard InChI is InChI=1S/C19H25ClN4O2.HI/c1-3-22-19(23-14-18(25)15-8-10-21-11-9-15)24(2)12-13-26-17-6-4-16(20)5-7-17;/h4-11,18,25H,3,12-14H2,1-2H3,(H,22,23);1H. The molecule has 1 aromatic heterocycles. The largest absolute Gasteiger partial charge is 0.492 e. The molecular weight excluding hydrogens is 479 g/mol. The highest BCUT2D eigenvalue weighted by atomic mass is 127. The Morgan fingerprint density at radius 2 is 1.93 bits per heavy atom. The van der Waals surface area contributed by atoms with Crippen molar-refractivity contribution in [2.24, 2.45) is 4.99 Å². The van der Waals surface area contributed by atoms with Crippen LogP contribution in [-0.4, -0.2) is 54.2 Å². The van der Waals surface area contributed by atoms with Gasteiger partial charge in [-0.25, -0.2) is 0 Å². The van der Waals surface area contributed by atoms with Crippen LogP contribution in [0.15, 0.2) is 53.8 Å². The molecule has 0 spiro atoms. The summed E-state index contributed by atoms with van der Waals surface area (Å²) in [4.78, 5) is 10.4. The van der Waals surface area contributed by atoms with E-state index in [1.54, 1.807) is 36.7 Å². The fourth-order valence-corrected chi connectivity index (χ4v) is 2.40. The highest BCUT2D eigenvalue weighted by molar-refractivity contribution is 14.0. The van der Waals surface area contributed by atoms with Crippen LogP contribution in [0, 0.1) is 0 Å². The number of aliphatic imine (C=N–C) groups is 1. The van der Waals surface area contributed by atoms with Gasteiger partial charge in [-0.1, -0.05) is 11.6 Å². The third-order valence-corrected chi connectivity index (χ3v) is 3.96. The molecule has 27 heavy (non-hydrogen) atoms. The first-order valence-electron chi connectivity index (χ1n) is 8.56. The molecule has 8 heteroatoms. The van der Waals surface area contributed by atoms with Gasteiger partial charge < -0.3 is 20.1 Å². The summed E-state index contributed by atoms with van der Waals surface area (Å²) in [5, 5.41) is 14.2. The molecule has 2 rings (SSSR count). The van der Waals surface area contributed by atoms with Gasteiger partial charge in [-0.05, 0) is 48.9 Å². The minimum Gasteiger partial charge on any atom is -0.492 e. The van der Waals surface area contributed by atoms with Gasteiger partial charge in [0, 0.05) is 31.0 Å². The van der Waals surface area contributed by atoms with Gasteiger partial charge in [-0.3, -0.25) is 9.98 Å². The van der Waals surface area contributed by atoms with Crippen LogP contribution >= 0.6 is 35.6 Å². The van der Waals surface area contributed by atoms with E-state index in [1.165, 1.54) is 0 Å². The Bertz CT molecular complexity index is 686. The lowest BCUT2D eigenvalue weighted by Crippen LogP contribution is -2.41. The fraction of sp³-hybridized carbons (Fsp3) is 0.368. The second-order valence-electron chi connectivity index (χ2n) is 5.71. The predicted molar refractivity (Wildman–Crippen MR) is 120 cm³/mol. The van der Waals surface area contributed by atoms with E-state index in [0.29, 0.717) is 18.2 Å². The molecule has 0 saturated heterocycles. The molecule has 0 aliphatic heterocycles. The van der Waals surface area contributed by atoms with Crippen LogP contribution in [0.2, 0.25) is 5.02 Å². The number of rotatable bonds is 8. The minimum atomic E-state index is -0.662. The number of halogens is 2. The second-order valence-corrected chi connectivity index (χ2v) is 6.15. The molecule has 1 aromatic carbocycles. The van der Waals surface area contributed by atoms with Gasteiger partial charge in [-0.15, -0.1) is 24.0 Å². The molecule has 2 aromatic rings. The molecule has 148 valence electrons. The third kappa shape index (κ3) is 8.32. The lowest BCUT2D eigenvalue weighted by molar-refractivity contribution is 0.186. The number of aliphatic hydroxyl groups is 1. The van der Waals surface area contributed by atoms with E-state index < -0.39 is 6.10 Å². The zero-order chi connectivity index (χ0) is 18.8. The van der Waals surface area contributed by atoms with Gasteiger partial charge in [0.25, 0.3) is 0 Å². The molecule has 1 unspecified atom stereocenters. The number of aromatic nitrogens is 1. The number of ether oxygens (including phenoxy) is 1. The SMILES string of the molecule is CCNC(=NCC(O)c1ccncc1)N(C)CCOc1ccc(Cl)cc1.I. The lowest BCUT2D eigenvalue weighted by atomic mass is 10.1. The van der Waals surface area contributed by atoms with Gasteiger partial charge in [0.2, 0.25) is 0 Å². The van der Waals surface area contributed by atoms with Crippen molar-refractivity contribution < 1.29 is 9.84 Å². The Balaban J connectivity index is 0.00000364. The van der Waals surface area contributed by atoms with Crippen LogP contribution in [-0.2, 0) is 0 Å². The Labute approximate surface area is 182 Å². The minimum absolute atomic E-state index is 0. The van der Waals surface area contributed by atoms with E-state index in [1.807, 2.05) is 31.0 Å². The third-order valence-electron chi connectivity index (χ3n) is 3.71. The van der Waals surface area contributed by atoms with Gasteiger partial charge in [0.05, 0.1) is 19.2 Å². The predicted octanol–water partition coefficient (Wildman–Crippen LogP) is 3.36. The van der Waals surface area contributed by atoms with Crippen molar-refractivity contribution in [1.29, 1.82) is 0 Å². The van der Waals surface area contributed by atoms with E-state index >= 15 is 0 Å². The molecule has 0 bridgehead atoms. The van der Waals surface area contributed by atoms with E-state index in [4.69, 9.17) is 16.3 Å². The van der Waals surface area contributed by atoms with Crippen molar-refractivity contribution in [3.8, 4) is 5.75 Å². The fourth-order valence-electron chi connectivity index (χ4n) is 2.27. The Hall–Kier alpha value is -1.58. The summed E-state index contributed by atoms with van der Waals surface area (Å²) in [6.45, 7) is 4.18. The molecule has 0 radical (unpaired) electrons. The maximum Gasteiger partial charge on any atom is 0.193 e. The molecule has 1 atom stereocenters. The maximum absolute atomic E-state index is 10.2. The normalized spacial score (nSPS) is 12.1. The van der Waals surface area contributed by atoms with Gasteiger partial charge in [0.1, 0.15) is 12.4 Å². The first-order chi connectivity index (χ1) is 12.6. The summed E-state index contributed by atoms with van der Waals surface area (Å²) < 4.78 is 5.72. The zero-order valence-corrected chi connectivity index (χ0v) is 18.6. The van der Waals surface area contributed by atoms with Crippen LogP contribution in [0.3, 0.4) is 0 Å². The van der Waals surface area contributed by atoms with E-state index in [2.05, 4.69) is 15.3 Å². The average molecular weight is 505 g/mol. The van der Waals surface area contributed by atoms with Crippen LogP contribution < -0.4 is 10.1 Å². The van der Waals surface area contributed by atoms with Crippen LogP contribution in [0.5, 0.6) is 5.75 Å². The average Bonchev–Trinajstić information content (AvgIpc) is 2.67. The summed E-state index contributed by atoms with van der Waals surface area (Å²) in [6, 6.07) is 10.9. The van der Waals surface area contributed by atoms with Crippen molar-refractivity contribution in [3.05, 3.63) is 59.4 Å². The second kappa shape index (κ2) is 12.7. The van der Waals surface area contributed by atoms with E-state index in [-0.39, 0.29) is 30.5 Å². The summed E-state index contributed by atoms with van der Waals surface area (Å²) in [5.74, 6) is 1.50. The summed E-state index contributed by atoms with van der Waals surface area (Å²) in [6.07, 6.45) is 2.66. The molecule has 0 saturated carbocycles. The number of likely N-dealkylation sites (N-methyl/N-ethyl adjacent to an activating group) is 1. The highest BCUT2D eigenvalue weighted by Crippen LogP contribution is 2.15. The number of aliphatic hydroxyl groups excluding tert-OH is 1. The monoisotopic (exact) mass is 504 g/mol. The van der Waals surface area contributed by atoms with Crippen LogP contribution in [0.4, 0.5) is 0 Å². The van der Waals surface area contributed by atoms with Crippen molar-refractivity contribution in [2.45, 2.75) is 13.0 Å². The Kier molecular flexibility index (Phi) is 11.1. The zero-order valence-electron chi connectivity index (χ0n) is 15.5. The number of hydrogen-bond acceptors (Lipinski definition) is 4. The summed E-state index contributed by atoms with van der Waals surface area (Å²) >= 11 is 5.87. The van der Waals surface area contributed by atoms with Crippen LogP contribution in [0.1, 0.15) is 18.6 Å². The van der Waals surface area contributed by atoms with E-state index in [9.17, 15) is 5.11 Å². The molecule has 0 aliphatic rings. The van der Waals surface area contributed by atoms with Gasteiger partial charge in [0.15, 0.2) is 5.96 Å². The lowest BCUT2D eigenvalue weighted by Gasteiger charge is -2.22. The van der Waals surface area contributed by atoms with Crippen LogP contribution in [0.25, 0.3) is 0 Å². The Morgan fingerprint density at radius 3 is 2.56 bits per heavy atom. The summed E-state index contributed by atoms with van der Waals surface area (Å²) in [5.41, 5.74) is 0.799. The van der Waals surface area contributed by atoms with Crippen molar-refractivity contribution in [3.63, 3.8) is 0 Å². The number of benzene rings is 1. The molecule has 0 fully saturated rings. The summed E-state index contributed by atoms with van der Waals surface area (Å²) in [7, 11) is 1.94. The number of guanidine groups is 1. The number of nitrogens with zero attached hydrogens (tertiary/aromatic N) is 3. The van der Waals surface area contributed by atoms with Gasteiger partial charge in [-0.2, -0.15) is 0 Å². The number of nitrogens with one attached hydrogen (secondary N) is 1. The Morgan fingerprint density at radius 1 is 1.26 bits per heavy atom. The topological polar surface area (TPSA) is 70.0 Å². The van der Waals surface area contributed by atoms with E-state index in [0.717, 1.165) is 23.8 Å². The molecule has 2 N–H and O–H groups in total. The van der Waals surface area contributed by atoms with Crippen molar-refractivity contribution in [1.82, 2.24) is 15.2 Å². The molecule has 0 aliphatic carbocycles. The first kappa shape index (κ1) is 23.5. The number of pyridine rings is 1. The maximum atomic E-state index is 10.2. The molecule has 6 nitrogen and oxygen atoms in total. The molecule has 1 heterocycles. The quantitative estimate of drug-likeness (QED) is 0.328. The smallest absolute Gasteiger partial charge is 0.193 e. The van der Waals surface area contributed by atoms with Gasteiger partial charge >= 0.3 is 0 Å².